The van der Waals surface area contributed by atoms with E-state index in [9.17, 15) is 18.0 Å². The highest BCUT2D eigenvalue weighted by molar-refractivity contribution is 7.91. The molecule has 8 heteroatoms. The number of amides is 2. The summed E-state index contributed by atoms with van der Waals surface area (Å²) in [7, 11) is -3.07. The number of hydrogen-bond acceptors (Lipinski definition) is 5. The number of unbranched alkanes of at least 4 members (excludes halogenated alkanes) is 1. The van der Waals surface area contributed by atoms with Gasteiger partial charge in [0, 0.05) is 19.5 Å². The van der Waals surface area contributed by atoms with Crippen LogP contribution in [0, 0.1) is 0 Å². The molecule has 1 N–H and O–H groups in total. The van der Waals surface area contributed by atoms with Crippen molar-refractivity contribution in [3.63, 3.8) is 0 Å². The Morgan fingerprint density at radius 2 is 2.04 bits per heavy atom. The van der Waals surface area contributed by atoms with E-state index < -0.39 is 9.84 Å². The predicted octanol–water partition coefficient (Wildman–Crippen LogP) is 1.84. The van der Waals surface area contributed by atoms with Crippen LogP contribution < -0.4 is 10.1 Å². The van der Waals surface area contributed by atoms with Crippen molar-refractivity contribution in [2.45, 2.75) is 39.2 Å². The molecule has 0 aliphatic carbocycles. The summed E-state index contributed by atoms with van der Waals surface area (Å²) in [5.41, 5.74) is 0.497. The van der Waals surface area contributed by atoms with Gasteiger partial charge in [-0.2, -0.15) is 0 Å². The number of ether oxygens (including phenoxy) is 1. The zero-order valence-corrected chi connectivity index (χ0v) is 16.0. The van der Waals surface area contributed by atoms with E-state index in [-0.39, 0.29) is 36.0 Å². The Bertz CT molecular complexity index is 748. The number of nitrogens with zero attached hydrogens (tertiary/aromatic N) is 1. The molecular weight excluding hydrogens is 356 g/mol. The lowest BCUT2D eigenvalue weighted by atomic mass is 10.2. The zero-order chi connectivity index (χ0) is 19.2. The van der Waals surface area contributed by atoms with Gasteiger partial charge in [0.1, 0.15) is 5.75 Å². The van der Waals surface area contributed by atoms with Gasteiger partial charge in [-0.1, -0.05) is 25.5 Å². The molecule has 1 aliphatic heterocycles. The summed E-state index contributed by atoms with van der Waals surface area (Å²) in [5, 5.41) is 2.66. The Balaban J connectivity index is 2.04. The fraction of sp³-hybridized carbons (Fsp3) is 0.556. The largest absolute Gasteiger partial charge is 0.482 e. The van der Waals surface area contributed by atoms with Crippen molar-refractivity contribution in [3.05, 3.63) is 24.3 Å². The fourth-order valence-electron chi connectivity index (χ4n) is 2.97. The maximum atomic E-state index is 12.7. The summed E-state index contributed by atoms with van der Waals surface area (Å²) in [6, 6.07) is 6.60. The minimum atomic E-state index is -3.07. The third kappa shape index (κ3) is 5.72. The summed E-state index contributed by atoms with van der Waals surface area (Å²) >= 11 is 0. The van der Waals surface area contributed by atoms with Gasteiger partial charge in [-0.05, 0) is 25.0 Å². The highest BCUT2D eigenvalue weighted by atomic mass is 32.2. The minimum absolute atomic E-state index is 0.0188. The van der Waals surface area contributed by atoms with Gasteiger partial charge in [-0.25, -0.2) is 8.42 Å². The number of sulfone groups is 1. The minimum Gasteiger partial charge on any atom is -0.482 e. The molecule has 144 valence electrons. The van der Waals surface area contributed by atoms with Crippen LogP contribution in [0.25, 0.3) is 0 Å². The van der Waals surface area contributed by atoms with E-state index in [0.29, 0.717) is 24.4 Å². The van der Waals surface area contributed by atoms with Gasteiger partial charge in [0.2, 0.25) is 5.91 Å². The topological polar surface area (TPSA) is 92.8 Å². The monoisotopic (exact) mass is 382 g/mol. The first-order valence-corrected chi connectivity index (χ1v) is 10.6. The van der Waals surface area contributed by atoms with Gasteiger partial charge in [-0.3, -0.25) is 9.59 Å². The number of para-hydroxylation sites is 2. The molecule has 2 rings (SSSR count). The summed E-state index contributed by atoms with van der Waals surface area (Å²) in [6.07, 6.45) is 2.19. The molecular formula is C18H26N2O5S. The maximum absolute atomic E-state index is 12.7. The molecule has 26 heavy (non-hydrogen) atoms. The van der Waals surface area contributed by atoms with Crippen molar-refractivity contribution in [1.82, 2.24) is 4.90 Å². The van der Waals surface area contributed by atoms with Crippen LogP contribution in [0.3, 0.4) is 0 Å². The van der Waals surface area contributed by atoms with Gasteiger partial charge >= 0.3 is 0 Å². The zero-order valence-electron chi connectivity index (χ0n) is 15.2. The van der Waals surface area contributed by atoms with Crippen molar-refractivity contribution < 1.29 is 22.7 Å². The molecule has 0 unspecified atom stereocenters. The van der Waals surface area contributed by atoms with Crippen molar-refractivity contribution >= 4 is 27.3 Å². The SMILES string of the molecule is CCCCN(C(=O)COc1ccccc1NC(C)=O)[C@@H]1CCS(=O)(=O)C1. The molecule has 0 spiro atoms. The van der Waals surface area contributed by atoms with Crippen LogP contribution in [-0.4, -0.2) is 55.8 Å². The molecule has 1 atom stereocenters. The second-order valence-corrected chi connectivity index (χ2v) is 8.69. The van der Waals surface area contributed by atoms with Crippen LogP contribution in [0.2, 0.25) is 0 Å². The molecule has 0 bridgehead atoms. The normalized spacial score (nSPS) is 18.3. The van der Waals surface area contributed by atoms with Crippen LogP contribution in [-0.2, 0) is 19.4 Å². The van der Waals surface area contributed by atoms with E-state index in [1.165, 1.54) is 6.92 Å². The van der Waals surface area contributed by atoms with Gasteiger partial charge in [-0.15, -0.1) is 0 Å². The molecule has 0 radical (unpaired) electrons. The standard InChI is InChI=1S/C18H26N2O5S/c1-3-4-10-20(15-9-11-26(23,24)13-15)18(22)12-25-17-8-6-5-7-16(17)19-14(2)21/h5-8,15H,3-4,9-13H2,1-2H3,(H,19,21)/t15-/m1/s1. The van der Waals surface area contributed by atoms with Gasteiger partial charge in [0.05, 0.1) is 17.2 Å². The van der Waals surface area contributed by atoms with Crippen LogP contribution in [0.1, 0.15) is 33.1 Å². The molecule has 7 nitrogen and oxygen atoms in total. The second kappa shape index (κ2) is 9.02. The number of carbonyl (C=O) groups excluding carboxylic acids is 2. The van der Waals surface area contributed by atoms with E-state index in [1.54, 1.807) is 29.2 Å². The lowest BCUT2D eigenvalue weighted by Crippen LogP contribution is -2.44. The Morgan fingerprint density at radius 3 is 2.65 bits per heavy atom. The molecule has 1 aliphatic rings. The molecule has 1 aromatic rings. The van der Waals surface area contributed by atoms with Crippen molar-refractivity contribution in [3.8, 4) is 5.75 Å². The first-order valence-electron chi connectivity index (χ1n) is 8.81. The first-order chi connectivity index (χ1) is 12.3. The molecule has 0 saturated carbocycles. The number of anilines is 1. The van der Waals surface area contributed by atoms with Crippen LogP contribution in [0.15, 0.2) is 24.3 Å². The van der Waals surface area contributed by atoms with Crippen LogP contribution in [0.5, 0.6) is 5.75 Å². The third-order valence-electron chi connectivity index (χ3n) is 4.27. The number of benzene rings is 1. The molecule has 2 amide bonds. The smallest absolute Gasteiger partial charge is 0.260 e. The van der Waals surface area contributed by atoms with Crippen molar-refractivity contribution in [2.24, 2.45) is 0 Å². The fourth-order valence-corrected chi connectivity index (χ4v) is 4.70. The molecule has 1 aromatic carbocycles. The Hall–Kier alpha value is -2.09. The maximum Gasteiger partial charge on any atom is 0.260 e. The number of rotatable bonds is 8. The third-order valence-corrected chi connectivity index (χ3v) is 6.02. The highest BCUT2D eigenvalue weighted by Crippen LogP contribution is 2.24. The Morgan fingerprint density at radius 1 is 1.31 bits per heavy atom. The van der Waals surface area contributed by atoms with Gasteiger partial charge in [0.15, 0.2) is 16.4 Å². The summed E-state index contributed by atoms with van der Waals surface area (Å²) in [6.45, 7) is 3.74. The van der Waals surface area contributed by atoms with E-state index in [1.807, 2.05) is 6.92 Å². The average molecular weight is 382 g/mol. The van der Waals surface area contributed by atoms with E-state index in [4.69, 9.17) is 4.74 Å². The second-order valence-electron chi connectivity index (χ2n) is 6.46. The number of carbonyl (C=O) groups is 2. The van der Waals surface area contributed by atoms with E-state index >= 15 is 0 Å². The summed E-state index contributed by atoms with van der Waals surface area (Å²) in [5.74, 6) is 0.0851. The molecule has 1 saturated heterocycles. The lowest BCUT2D eigenvalue weighted by Gasteiger charge is -2.28. The molecule has 1 heterocycles. The Labute approximate surface area is 154 Å². The van der Waals surface area contributed by atoms with Crippen LogP contribution in [0.4, 0.5) is 5.69 Å². The van der Waals surface area contributed by atoms with Gasteiger partial charge in [0.25, 0.3) is 5.91 Å². The van der Waals surface area contributed by atoms with E-state index in [0.717, 1.165) is 12.8 Å². The van der Waals surface area contributed by atoms with Gasteiger partial charge < -0.3 is 15.0 Å². The summed E-state index contributed by atoms with van der Waals surface area (Å²) in [4.78, 5) is 25.6. The van der Waals surface area contributed by atoms with Crippen molar-refractivity contribution in [1.29, 1.82) is 0 Å². The molecule has 0 aromatic heterocycles. The quantitative estimate of drug-likeness (QED) is 0.741. The highest BCUT2D eigenvalue weighted by Gasteiger charge is 2.34. The number of hydrogen-bond donors (Lipinski definition) is 1. The predicted molar refractivity (Wildman–Crippen MR) is 99.9 cm³/mol. The first kappa shape index (κ1) is 20.2. The molecule has 1 fully saturated rings. The lowest BCUT2D eigenvalue weighted by molar-refractivity contribution is -0.135. The summed E-state index contributed by atoms with van der Waals surface area (Å²) < 4.78 is 29.1. The average Bonchev–Trinajstić information content (AvgIpc) is 2.93. The van der Waals surface area contributed by atoms with E-state index in [2.05, 4.69) is 5.32 Å². The number of nitrogens with one attached hydrogen (secondary N) is 1. The Kier molecular flexibility index (Phi) is 7.02. The van der Waals surface area contributed by atoms with Crippen LogP contribution >= 0.6 is 0 Å². The van der Waals surface area contributed by atoms with Crippen molar-refractivity contribution in [2.75, 3.05) is 30.0 Å².